The van der Waals surface area contributed by atoms with Crippen molar-refractivity contribution >= 4 is 50.6 Å². The van der Waals surface area contributed by atoms with E-state index in [1.807, 2.05) is 0 Å². The lowest BCUT2D eigenvalue weighted by atomic mass is 10.1. The third kappa shape index (κ3) is 4.10. The van der Waals surface area contributed by atoms with Gasteiger partial charge in [-0.25, -0.2) is 4.39 Å². The Hall–Kier alpha value is -0.330. The number of nitrogens with two attached hydrogens (primary N) is 1. The number of nitrogens with one attached hydrogen (secondary N) is 1. The van der Waals surface area contributed by atoms with Crippen LogP contribution < -0.4 is 11.1 Å². The molecule has 0 saturated heterocycles. The fraction of sp³-hybridized carbons (Fsp3) is 0.417. The Morgan fingerprint density at radius 1 is 1.61 bits per heavy atom. The molecule has 0 radical (unpaired) electrons. The van der Waals surface area contributed by atoms with Gasteiger partial charge in [-0.05, 0) is 46.0 Å². The normalized spacial score (nSPS) is 12.2. The summed E-state index contributed by atoms with van der Waals surface area (Å²) in [5, 5.41) is 3.10. The highest BCUT2D eigenvalue weighted by atomic mass is 79.9. The number of thioether (sulfide) groups is 1. The summed E-state index contributed by atoms with van der Waals surface area (Å²) in [6, 6.07) is 3.39. The van der Waals surface area contributed by atoms with Crippen molar-refractivity contribution in [2.45, 2.75) is 6.92 Å². The molecule has 0 saturated carbocycles. The molecule has 1 aromatic carbocycles. The highest BCUT2D eigenvalue weighted by Gasteiger charge is 2.13. The number of thiocarbonyl (C=S) groups is 1. The van der Waals surface area contributed by atoms with E-state index in [-0.39, 0.29) is 10.8 Å². The molecular formula is C12H16BrFN2S2. The van der Waals surface area contributed by atoms with Crippen LogP contribution in [0.25, 0.3) is 0 Å². The lowest BCUT2D eigenvalue weighted by Crippen LogP contribution is -2.15. The topological polar surface area (TPSA) is 38.0 Å². The van der Waals surface area contributed by atoms with Gasteiger partial charge >= 0.3 is 0 Å². The molecule has 6 heteroatoms. The second-order valence-corrected chi connectivity index (χ2v) is 6.24. The summed E-state index contributed by atoms with van der Waals surface area (Å²) in [6.45, 7) is 2.86. The molecule has 1 atom stereocenters. The molecule has 0 aliphatic carbocycles. The Kier molecular flexibility index (Phi) is 6.38. The van der Waals surface area contributed by atoms with Crippen molar-refractivity contribution in [3.8, 4) is 0 Å². The summed E-state index contributed by atoms with van der Waals surface area (Å²) in [6.07, 6.45) is 2.06. The second-order valence-electron chi connectivity index (χ2n) is 4.09. The molecule has 1 aromatic rings. The van der Waals surface area contributed by atoms with E-state index in [4.69, 9.17) is 18.0 Å². The average molecular weight is 351 g/mol. The number of hydrogen-bond acceptors (Lipinski definition) is 3. The first kappa shape index (κ1) is 15.7. The molecule has 1 unspecified atom stereocenters. The summed E-state index contributed by atoms with van der Waals surface area (Å²) < 4.78 is 14.3. The van der Waals surface area contributed by atoms with E-state index in [9.17, 15) is 4.39 Å². The van der Waals surface area contributed by atoms with E-state index in [0.717, 1.165) is 12.3 Å². The molecule has 0 fully saturated rings. The number of anilines is 1. The van der Waals surface area contributed by atoms with Crippen LogP contribution in [0.4, 0.5) is 10.1 Å². The Morgan fingerprint density at radius 2 is 2.28 bits per heavy atom. The van der Waals surface area contributed by atoms with Crippen LogP contribution in [-0.2, 0) is 0 Å². The Labute approximate surface area is 125 Å². The molecule has 0 aliphatic rings. The largest absolute Gasteiger partial charge is 0.389 e. The van der Waals surface area contributed by atoms with E-state index in [2.05, 4.69) is 34.4 Å². The van der Waals surface area contributed by atoms with Crippen LogP contribution in [0.15, 0.2) is 16.6 Å². The molecule has 0 amide bonds. The highest BCUT2D eigenvalue weighted by molar-refractivity contribution is 9.10. The van der Waals surface area contributed by atoms with Crippen molar-refractivity contribution in [2.75, 3.05) is 23.9 Å². The maximum absolute atomic E-state index is 14.0. The fourth-order valence-corrected chi connectivity index (χ4v) is 3.05. The number of hydrogen-bond donors (Lipinski definition) is 2. The van der Waals surface area contributed by atoms with Crippen molar-refractivity contribution in [2.24, 2.45) is 11.7 Å². The zero-order valence-electron chi connectivity index (χ0n) is 10.3. The van der Waals surface area contributed by atoms with Crippen LogP contribution in [0.1, 0.15) is 12.5 Å². The first-order chi connectivity index (χ1) is 8.47. The molecule has 0 spiro atoms. The number of halogens is 2. The standard InChI is InChI=1S/C12H16BrFN2S2/c1-7(6-18-2)5-16-9-4-3-8(12(15)17)10(13)11(9)14/h3-4,7,16H,5-6H2,1-2H3,(H2,15,17). The maximum Gasteiger partial charge on any atom is 0.161 e. The van der Waals surface area contributed by atoms with Gasteiger partial charge in [-0.15, -0.1) is 0 Å². The van der Waals surface area contributed by atoms with Gasteiger partial charge in [-0.1, -0.05) is 19.1 Å². The van der Waals surface area contributed by atoms with Crippen molar-refractivity contribution < 1.29 is 4.39 Å². The summed E-state index contributed by atoms with van der Waals surface area (Å²) in [5.41, 5.74) is 6.49. The van der Waals surface area contributed by atoms with Crippen molar-refractivity contribution in [1.29, 1.82) is 0 Å². The van der Waals surface area contributed by atoms with Gasteiger partial charge in [-0.3, -0.25) is 0 Å². The Morgan fingerprint density at radius 3 is 2.83 bits per heavy atom. The molecule has 3 N–H and O–H groups in total. The van der Waals surface area contributed by atoms with Gasteiger partial charge in [0.2, 0.25) is 0 Å². The van der Waals surface area contributed by atoms with E-state index in [1.165, 1.54) is 0 Å². The van der Waals surface area contributed by atoms with Gasteiger partial charge in [0.15, 0.2) is 5.82 Å². The summed E-state index contributed by atoms with van der Waals surface area (Å²) >= 11 is 9.82. The molecule has 1 rings (SSSR count). The van der Waals surface area contributed by atoms with Gasteiger partial charge < -0.3 is 11.1 Å². The van der Waals surface area contributed by atoms with Crippen molar-refractivity contribution in [3.05, 3.63) is 28.0 Å². The lowest BCUT2D eigenvalue weighted by Gasteiger charge is -2.14. The third-order valence-electron chi connectivity index (χ3n) is 2.44. The van der Waals surface area contributed by atoms with Gasteiger partial charge in [0, 0.05) is 12.1 Å². The van der Waals surface area contributed by atoms with E-state index >= 15 is 0 Å². The fourth-order valence-electron chi connectivity index (χ4n) is 1.50. The van der Waals surface area contributed by atoms with Crippen LogP contribution in [0, 0.1) is 11.7 Å². The molecular weight excluding hydrogens is 335 g/mol. The predicted octanol–water partition coefficient (Wildman–Crippen LogP) is 3.63. The van der Waals surface area contributed by atoms with Crippen LogP contribution in [0.5, 0.6) is 0 Å². The molecule has 0 heterocycles. The van der Waals surface area contributed by atoms with Gasteiger partial charge in [0.05, 0.1) is 10.2 Å². The molecule has 18 heavy (non-hydrogen) atoms. The monoisotopic (exact) mass is 350 g/mol. The number of benzene rings is 1. The van der Waals surface area contributed by atoms with Gasteiger partial charge in [0.25, 0.3) is 0 Å². The van der Waals surface area contributed by atoms with Crippen molar-refractivity contribution in [3.63, 3.8) is 0 Å². The summed E-state index contributed by atoms with van der Waals surface area (Å²) in [5.74, 6) is 1.17. The van der Waals surface area contributed by atoms with E-state index in [1.54, 1.807) is 23.9 Å². The van der Waals surface area contributed by atoms with Crippen LogP contribution in [-0.4, -0.2) is 23.5 Å². The minimum Gasteiger partial charge on any atom is -0.389 e. The van der Waals surface area contributed by atoms with Gasteiger partial charge in [-0.2, -0.15) is 11.8 Å². The minimum absolute atomic E-state index is 0.183. The Bertz CT molecular complexity index is 440. The lowest BCUT2D eigenvalue weighted by molar-refractivity contribution is 0.618. The van der Waals surface area contributed by atoms with Crippen LogP contribution >= 0.6 is 39.9 Å². The van der Waals surface area contributed by atoms with E-state index < -0.39 is 0 Å². The first-order valence-corrected chi connectivity index (χ1v) is 8.07. The van der Waals surface area contributed by atoms with Crippen molar-refractivity contribution in [1.82, 2.24) is 0 Å². The average Bonchev–Trinajstić information content (AvgIpc) is 2.31. The van der Waals surface area contributed by atoms with Gasteiger partial charge in [0.1, 0.15) is 4.99 Å². The molecule has 100 valence electrons. The number of rotatable bonds is 6. The molecule has 0 aliphatic heterocycles. The Balaban J connectivity index is 2.79. The third-order valence-corrected chi connectivity index (χ3v) is 4.34. The SMILES string of the molecule is CSCC(C)CNc1ccc(C(N)=S)c(Br)c1F. The zero-order chi connectivity index (χ0) is 13.7. The molecule has 0 bridgehead atoms. The summed E-state index contributed by atoms with van der Waals surface area (Å²) in [4.78, 5) is 0.183. The molecule has 0 aromatic heterocycles. The first-order valence-electron chi connectivity index (χ1n) is 5.48. The predicted molar refractivity (Wildman–Crippen MR) is 86.0 cm³/mol. The quantitative estimate of drug-likeness (QED) is 0.768. The summed E-state index contributed by atoms with van der Waals surface area (Å²) in [7, 11) is 0. The van der Waals surface area contributed by atoms with Crippen LogP contribution in [0.2, 0.25) is 0 Å². The highest BCUT2D eigenvalue weighted by Crippen LogP contribution is 2.27. The minimum atomic E-state index is -0.350. The zero-order valence-corrected chi connectivity index (χ0v) is 13.5. The maximum atomic E-state index is 14.0. The smallest absolute Gasteiger partial charge is 0.161 e. The van der Waals surface area contributed by atoms with Crippen LogP contribution in [0.3, 0.4) is 0 Å². The van der Waals surface area contributed by atoms with E-state index in [0.29, 0.717) is 21.6 Å². The molecule has 2 nitrogen and oxygen atoms in total. The second kappa shape index (κ2) is 7.31.